The number of rotatable bonds is 5. The van der Waals surface area contributed by atoms with Gasteiger partial charge in [0.1, 0.15) is 0 Å². The summed E-state index contributed by atoms with van der Waals surface area (Å²) in [7, 11) is 0. The second kappa shape index (κ2) is 11.0. The molecular weight excluding hydrogens is 504 g/mol. The van der Waals surface area contributed by atoms with Gasteiger partial charge in [-0.25, -0.2) is 0 Å². The molecule has 0 aromatic heterocycles. The lowest BCUT2D eigenvalue weighted by molar-refractivity contribution is 1.60. The Morgan fingerprint density at radius 2 is 1.02 bits per heavy atom. The highest BCUT2D eigenvalue weighted by molar-refractivity contribution is 6.22. The van der Waals surface area contributed by atoms with Gasteiger partial charge in [0, 0.05) is 0 Å². The van der Waals surface area contributed by atoms with E-state index in [1.54, 1.807) is 0 Å². The fourth-order valence-electron chi connectivity index (χ4n) is 6.42. The SMILES string of the molecule is C/C=C\C(=C/C)c1ccc2ccc(-c3c4ccccc4c(-c4ccccc4-c4ccccc4)c4ccccc34)cc2c1. The molecule has 0 saturated heterocycles. The molecule has 0 heteroatoms. The highest BCUT2D eigenvalue weighted by atomic mass is 14.2. The largest absolute Gasteiger partial charge is 0.0871 e. The van der Waals surface area contributed by atoms with Crippen molar-refractivity contribution in [1.29, 1.82) is 0 Å². The van der Waals surface area contributed by atoms with Crippen molar-refractivity contribution in [3.8, 4) is 33.4 Å². The predicted octanol–water partition coefficient (Wildman–Crippen LogP) is 12.1. The van der Waals surface area contributed by atoms with Crippen LogP contribution in [0.4, 0.5) is 0 Å². The molecule has 0 aliphatic rings. The van der Waals surface area contributed by atoms with E-state index < -0.39 is 0 Å². The zero-order valence-corrected chi connectivity index (χ0v) is 24.0. The minimum Gasteiger partial charge on any atom is -0.0871 e. The van der Waals surface area contributed by atoms with Gasteiger partial charge < -0.3 is 0 Å². The zero-order chi connectivity index (χ0) is 28.5. The van der Waals surface area contributed by atoms with Crippen molar-refractivity contribution in [2.24, 2.45) is 0 Å². The van der Waals surface area contributed by atoms with Crippen LogP contribution in [0.5, 0.6) is 0 Å². The number of fused-ring (bicyclic) bond motifs is 3. The summed E-state index contributed by atoms with van der Waals surface area (Å²) in [6, 6.07) is 51.1. The maximum atomic E-state index is 2.37. The first-order valence-corrected chi connectivity index (χ1v) is 14.7. The normalized spacial score (nSPS) is 12.1. The maximum Gasteiger partial charge on any atom is -0.00201 e. The molecule has 0 atom stereocenters. The Balaban J connectivity index is 1.53. The van der Waals surface area contributed by atoms with Crippen LogP contribution in [0.1, 0.15) is 19.4 Å². The van der Waals surface area contributed by atoms with Crippen LogP contribution in [0.15, 0.2) is 158 Å². The molecule has 7 aromatic rings. The first-order valence-electron chi connectivity index (χ1n) is 14.7. The lowest BCUT2D eigenvalue weighted by Crippen LogP contribution is -1.92. The molecule has 0 N–H and O–H groups in total. The van der Waals surface area contributed by atoms with Gasteiger partial charge in [-0.05, 0) is 103 Å². The minimum atomic E-state index is 1.23. The number of benzene rings is 7. The van der Waals surface area contributed by atoms with Gasteiger partial charge in [-0.15, -0.1) is 0 Å². The quantitative estimate of drug-likeness (QED) is 0.152. The van der Waals surface area contributed by atoms with Gasteiger partial charge in [0.15, 0.2) is 0 Å². The smallest absolute Gasteiger partial charge is 0.00201 e. The van der Waals surface area contributed by atoms with Crippen LogP contribution in [-0.2, 0) is 0 Å². The van der Waals surface area contributed by atoms with Gasteiger partial charge in [0.2, 0.25) is 0 Å². The Hall–Kier alpha value is -5.20. The lowest BCUT2D eigenvalue weighted by Gasteiger charge is -2.20. The van der Waals surface area contributed by atoms with Crippen LogP contribution < -0.4 is 0 Å². The average molecular weight is 537 g/mol. The lowest BCUT2D eigenvalue weighted by atomic mass is 9.83. The van der Waals surface area contributed by atoms with Crippen molar-refractivity contribution < 1.29 is 0 Å². The molecule has 0 saturated carbocycles. The van der Waals surface area contributed by atoms with Gasteiger partial charge in [-0.1, -0.05) is 146 Å². The molecule has 42 heavy (non-hydrogen) atoms. The van der Waals surface area contributed by atoms with E-state index in [1.807, 2.05) is 0 Å². The average Bonchev–Trinajstić information content (AvgIpc) is 3.06. The summed E-state index contributed by atoms with van der Waals surface area (Å²) in [5.41, 5.74) is 10.0. The summed E-state index contributed by atoms with van der Waals surface area (Å²) in [6.45, 7) is 4.17. The summed E-state index contributed by atoms with van der Waals surface area (Å²) < 4.78 is 0. The van der Waals surface area contributed by atoms with Crippen LogP contribution in [0, 0.1) is 0 Å². The molecule has 0 aliphatic heterocycles. The van der Waals surface area contributed by atoms with Gasteiger partial charge in [-0.2, -0.15) is 0 Å². The molecule has 200 valence electrons. The van der Waals surface area contributed by atoms with Gasteiger partial charge in [0.05, 0.1) is 0 Å². The Labute approximate surface area is 247 Å². The summed E-state index contributed by atoms with van der Waals surface area (Å²) in [5.74, 6) is 0. The van der Waals surface area contributed by atoms with Crippen molar-refractivity contribution in [2.45, 2.75) is 13.8 Å². The number of allylic oxidation sites excluding steroid dienone is 4. The fraction of sp³-hybridized carbons (Fsp3) is 0.0476. The van der Waals surface area contributed by atoms with Crippen LogP contribution in [-0.4, -0.2) is 0 Å². The zero-order valence-electron chi connectivity index (χ0n) is 24.0. The summed E-state index contributed by atoms with van der Waals surface area (Å²) >= 11 is 0. The summed E-state index contributed by atoms with van der Waals surface area (Å²) in [4.78, 5) is 0. The maximum absolute atomic E-state index is 2.37. The molecule has 0 unspecified atom stereocenters. The predicted molar refractivity (Wildman–Crippen MR) is 184 cm³/mol. The third-order valence-electron chi connectivity index (χ3n) is 8.33. The van der Waals surface area contributed by atoms with E-state index in [2.05, 4.69) is 172 Å². The molecule has 0 amide bonds. The topological polar surface area (TPSA) is 0 Å². The fourth-order valence-corrected chi connectivity index (χ4v) is 6.42. The first-order chi connectivity index (χ1) is 20.8. The van der Waals surface area contributed by atoms with E-state index in [-0.39, 0.29) is 0 Å². The first kappa shape index (κ1) is 25.7. The van der Waals surface area contributed by atoms with E-state index in [9.17, 15) is 0 Å². The highest BCUT2D eigenvalue weighted by Gasteiger charge is 2.18. The Morgan fingerprint density at radius 1 is 0.452 bits per heavy atom. The molecule has 0 spiro atoms. The Morgan fingerprint density at radius 3 is 1.67 bits per heavy atom. The van der Waals surface area contributed by atoms with E-state index in [4.69, 9.17) is 0 Å². The van der Waals surface area contributed by atoms with Gasteiger partial charge in [-0.3, -0.25) is 0 Å². The molecule has 0 nitrogen and oxygen atoms in total. The number of hydrogen-bond acceptors (Lipinski definition) is 0. The molecule has 0 heterocycles. The summed E-state index contributed by atoms with van der Waals surface area (Å²) in [5, 5.41) is 7.58. The van der Waals surface area contributed by atoms with E-state index in [0.717, 1.165) is 0 Å². The number of hydrogen-bond donors (Lipinski definition) is 0. The van der Waals surface area contributed by atoms with Crippen LogP contribution in [0.3, 0.4) is 0 Å². The van der Waals surface area contributed by atoms with Crippen molar-refractivity contribution >= 4 is 37.9 Å². The van der Waals surface area contributed by atoms with E-state index in [0.29, 0.717) is 0 Å². The third-order valence-corrected chi connectivity index (χ3v) is 8.33. The summed E-state index contributed by atoms with van der Waals surface area (Å²) in [6.07, 6.45) is 6.46. The Bertz CT molecular complexity index is 2080. The van der Waals surface area contributed by atoms with E-state index >= 15 is 0 Å². The standard InChI is InChI=1S/C42H32/c1-3-14-29(4-2)32-25-23-30-24-26-33(28-34(30)27-32)41-37-19-10-12-21-39(37)42(40-22-13-11-20-38(40)41)36-18-9-8-17-35(36)31-15-6-5-7-16-31/h3-28H,1-2H3/b14-3-,29-4+. The van der Waals surface area contributed by atoms with E-state index in [1.165, 1.54) is 76.8 Å². The van der Waals surface area contributed by atoms with Gasteiger partial charge in [0.25, 0.3) is 0 Å². The second-order valence-electron chi connectivity index (χ2n) is 10.8. The Kier molecular flexibility index (Phi) is 6.74. The molecule has 7 rings (SSSR count). The van der Waals surface area contributed by atoms with Crippen molar-refractivity contribution in [3.05, 3.63) is 163 Å². The molecule has 0 radical (unpaired) electrons. The third kappa shape index (κ3) is 4.42. The van der Waals surface area contributed by atoms with Crippen LogP contribution in [0.25, 0.3) is 71.3 Å². The van der Waals surface area contributed by atoms with Crippen molar-refractivity contribution in [3.63, 3.8) is 0 Å². The van der Waals surface area contributed by atoms with Crippen molar-refractivity contribution in [1.82, 2.24) is 0 Å². The molecule has 0 fully saturated rings. The van der Waals surface area contributed by atoms with Gasteiger partial charge >= 0.3 is 0 Å². The highest BCUT2D eigenvalue weighted by Crippen LogP contribution is 2.46. The van der Waals surface area contributed by atoms with Crippen molar-refractivity contribution in [2.75, 3.05) is 0 Å². The second-order valence-corrected chi connectivity index (χ2v) is 10.8. The molecule has 0 aliphatic carbocycles. The monoisotopic (exact) mass is 536 g/mol. The molecule has 0 bridgehead atoms. The minimum absolute atomic E-state index is 1.23. The molecular formula is C42H32. The van der Waals surface area contributed by atoms with Crippen LogP contribution in [0.2, 0.25) is 0 Å². The molecule has 7 aromatic carbocycles. The van der Waals surface area contributed by atoms with Crippen LogP contribution >= 0.6 is 0 Å².